The third-order valence-electron chi connectivity index (χ3n) is 8.18. The highest BCUT2D eigenvalue weighted by atomic mass is 16.6. The van der Waals surface area contributed by atoms with Gasteiger partial charge in [0.1, 0.15) is 35.8 Å². The Balaban J connectivity index is 3.29. The van der Waals surface area contributed by atoms with Gasteiger partial charge in [0, 0.05) is 13.5 Å². The first-order valence-corrected chi connectivity index (χ1v) is 18.3. The maximum absolute atomic E-state index is 14.0. The number of nitrogens with one attached hydrogen (secondary N) is 4. The molecular formula is C39H65N5O8. The zero-order valence-electron chi connectivity index (χ0n) is 33.6. The van der Waals surface area contributed by atoms with Gasteiger partial charge >= 0.3 is 12.1 Å². The lowest BCUT2D eigenvalue weighted by atomic mass is 9.97. The first-order valence-electron chi connectivity index (χ1n) is 18.3. The van der Waals surface area contributed by atoms with E-state index in [1.807, 2.05) is 71.9 Å². The fraction of sp³-hybridized carbons (Fsp3) is 0.692. The molecule has 0 unspecified atom stereocenters. The molecule has 0 bridgehead atoms. The van der Waals surface area contributed by atoms with E-state index >= 15 is 0 Å². The molecule has 0 spiro atoms. The summed E-state index contributed by atoms with van der Waals surface area (Å²) in [5, 5.41) is 11.1. The molecule has 1 aromatic carbocycles. The first kappa shape index (κ1) is 45.9. The Labute approximate surface area is 311 Å². The highest BCUT2D eigenvalue weighted by Gasteiger charge is 2.37. The molecule has 0 aromatic heterocycles. The Kier molecular flexibility index (Phi) is 18.9. The van der Waals surface area contributed by atoms with Crippen molar-refractivity contribution in [1.82, 2.24) is 26.2 Å². The van der Waals surface area contributed by atoms with Gasteiger partial charge in [-0.15, -0.1) is 0 Å². The van der Waals surface area contributed by atoms with E-state index in [9.17, 15) is 28.8 Å². The molecule has 0 saturated carbocycles. The van der Waals surface area contributed by atoms with Gasteiger partial charge in [-0.05, 0) is 69.3 Å². The third-order valence-corrected chi connectivity index (χ3v) is 8.18. The maximum Gasteiger partial charge on any atom is 0.408 e. The fourth-order valence-electron chi connectivity index (χ4n) is 5.64. The number of esters is 1. The maximum atomic E-state index is 14.0. The number of rotatable bonds is 19. The van der Waals surface area contributed by atoms with Gasteiger partial charge in [0.15, 0.2) is 0 Å². The number of alkyl carbamates (subject to hydrolysis) is 1. The molecule has 13 nitrogen and oxygen atoms in total. The molecule has 1 aromatic rings. The van der Waals surface area contributed by atoms with Crippen molar-refractivity contribution in [3.05, 3.63) is 35.9 Å². The van der Waals surface area contributed by atoms with E-state index in [-0.39, 0.29) is 37.0 Å². The van der Waals surface area contributed by atoms with Crippen LogP contribution in [0, 0.1) is 23.7 Å². The number of carbonyl (C=O) groups excluding carboxylic acids is 6. The summed E-state index contributed by atoms with van der Waals surface area (Å²) in [6.45, 7) is 20.2. The van der Waals surface area contributed by atoms with Gasteiger partial charge in [-0.1, -0.05) is 85.7 Å². The van der Waals surface area contributed by atoms with Crippen molar-refractivity contribution in [3.8, 4) is 0 Å². The molecule has 0 saturated heterocycles. The Bertz CT molecular complexity index is 1330. The summed E-state index contributed by atoms with van der Waals surface area (Å²) in [6.07, 6.45) is 0.331. The quantitative estimate of drug-likeness (QED) is 0.152. The van der Waals surface area contributed by atoms with Crippen molar-refractivity contribution in [1.29, 1.82) is 0 Å². The molecule has 0 aliphatic carbocycles. The van der Waals surface area contributed by atoms with E-state index in [0.29, 0.717) is 6.42 Å². The minimum Gasteiger partial charge on any atom is -0.467 e. The average Bonchev–Trinajstić information content (AvgIpc) is 3.02. The second-order valence-electron chi connectivity index (χ2n) is 16.1. The summed E-state index contributed by atoms with van der Waals surface area (Å²) >= 11 is 0. The zero-order valence-corrected chi connectivity index (χ0v) is 33.6. The topological polar surface area (TPSA) is 172 Å². The molecule has 0 aliphatic heterocycles. The SMILES string of the molecule is COC(=O)[C@@H](Cc1ccccc1)NC(=O)[C@H](CC(C)C)NC(=O)[C@@H](NC(=O)[C@H](CC(C)C)N(C)C(=O)[C@@H](CC(C)C)NC(=O)OC(C)(C)C)C(C)C. The Morgan fingerprint density at radius 1 is 0.673 bits per heavy atom. The van der Waals surface area contributed by atoms with Crippen LogP contribution in [0.4, 0.5) is 4.79 Å². The van der Waals surface area contributed by atoms with Crippen molar-refractivity contribution in [2.45, 2.75) is 138 Å². The van der Waals surface area contributed by atoms with Gasteiger partial charge in [-0.2, -0.15) is 0 Å². The van der Waals surface area contributed by atoms with E-state index in [1.54, 1.807) is 34.6 Å². The molecule has 1 rings (SSSR count). The monoisotopic (exact) mass is 731 g/mol. The van der Waals surface area contributed by atoms with Crippen LogP contribution in [0.5, 0.6) is 0 Å². The van der Waals surface area contributed by atoms with Crippen LogP contribution < -0.4 is 21.3 Å². The van der Waals surface area contributed by atoms with Gasteiger partial charge in [0.2, 0.25) is 23.6 Å². The molecule has 52 heavy (non-hydrogen) atoms. The van der Waals surface area contributed by atoms with Crippen molar-refractivity contribution >= 4 is 35.7 Å². The summed E-state index contributed by atoms with van der Waals surface area (Å²) in [4.78, 5) is 82.0. The second-order valence-corrected chi connectivity index (χ2v) is 16.1. The lowest BCUT2D eigenvalue weighted by molar-refractivity contribution is -0.145. The number of ether oxygens (including phenoxy) is 2. The highest BCUT2D eigenvalue weighted by molar-refractivity contribution is 5.96. The van der Waals surface area contributed by atoms with Crippen LogP contribution in [0.25, 0.3) is 0 Å². The van der Waals surface area contributed by atoms with Gasteiger partial charge in [-0.25, -0.2) is 9.59 Å². The Morgan fingerprint density at radius 2 is 1.19 bits per heavy atom. The van der Waals surface area contributed by atoms with Crippen molar-refractivity contribution in [2.75, 3.05) is 14.2 Å². The summed E-state index contributed by atoms with van der Waals surface area (Å²) in [5.41, 5.74) is 0.0503. The van der Waals surface area contributed by atoms with Crippen LogP contribution in [0.3, 0.4) is 0 Å². The molecule has 0 aliphatic rings. The molecule has 0 radical (unpaired) electrons. The normalized spacial score (nSPS) is 14.6. The molecule has 0 fully saturated rings. The third kappa shape index (κ3) is 16.5. The summed E-state index contributed by atoms with van der Waals surface area (Å²) < 4.78 is 10.4. The van der Waals surface area contributed by atoms with Gasteiger partial charge in [0.25, 0.3) is 0 Å². The lowest BCUT2D eigenvalue weighted by Crippen LogP contribution is -2.60. The molecular weight excluding hydrogens is 666 g/mol. The molecule has 4 N–H and O–H groups in total. The smallest absolute Gasteiger partial charge is 0.408 e. The number of methoxy groups -OCH3 is 1. The first-order chi connectivity index (χ1) is 24.1. The van der Waals surface area contributed by atoms with E-state index < -0.39 is 77.4 Å². The zero-order chi connectivity index (χ0) is 39.9. The number of benzene rings is 1. The largest absolute Gasteiger partial charge is 0.467 e. The number of nitrogens with zero attached hydrogens (tertiary/aromatic N) is 1. The number of likely N-dealkylation sites (N-methyl/N-ethyl adjacent to an activating group) is 1. The highest BCUT2D eigenvalue weighted by Crippen LogP contribution is 2.17. The van der Waals surface area contributed by atoms with Crippen LogP contribution in [0.1, 0.15) is 101 Å². The van der Waals surface area contributed by atoms with Crippen molar-refractivity contribution in [3.63, 3.8) is 0 Å². The summed E-state index contributed by atoms with van der Waals surface area (Å²) in [7, 11) is 2.76. The molecule has 294 valence electrons. The predicted molar refractivity (Wildman–Crippen MR) is 201 cm³/mol. The van der Waals surface area contributed by atoms with Crippen LogP contribution in [-0.2, 0) is 39.9 Å². The Morgan fingerprint density at radius 3 is 1.67 bits per heavy atom. The molecule has 0 heterocycles. The van der Waals surface area contributed by atoms with Crippen molar-refractivity contribution in [2.24, 2.45) is 23.7 Å². The van der Waals surface area contributed by atoms with Crippen LogP contribution in [0.15, 0.2) is 30.3 Å². The number of amides is 5. The lowest BCUT2D eigenvalue weighted by Gasteiger charge is -2.34. The van der Waals surface area contributed by atoms with Gasteiger partial charge in [-0.3, -0.25) is 19.2 Å². The number of carbonyl (C=O) groups is 6. The average molecular weight is 732 g/mol. The standard InChI is InChI=1S/C39H65N5O8/c1-23(2)19-28(33(45)41-30(37(49)51-13)22-27-17-15-14-16-18-27)40-35(47)32(26(7)8)43-34(46)31(21-25(5)6)44(12)36(48)29(20-24(3)4)42-38(50)52-39(9,10)11/h14-18,23-26,28-32H,19-22H2,1-13H3,(H,40,47)(H,41,45)(H,42,50)(H,43,46)/t28-,29+,30+,31-,32-/m0/s1. The summed E-state index contributed by atoms with van der Waals surface area (Å²) in [5.74, 6) is -3.12. The minimum absolute atomic E-state index is 0.00236. The van der Waals surface area contributed by atoms with E-state index in [1.165, 1.54) is 19.1 Å². The summed E-state index contributed by atoms with van der Waals surface area (Å²) in [6, 6.07) is 4.22. The Hall–Kier alpha value is -4.16. The van der Waals surface area contributed by atoms with Gasteiger partial charge in [0.05, 0.1) is 7.11 Å². The molecule has 13 heteroatoms. The van der Waals surface area contributed by atoms with Crippen LogP contribution in [0.2, 0.25) is 0 Å². The molecule has 5 amide bonds. The van der Waals surface area contributed by atoms with E-state index in [0.717, 1.165) is 5.56 Å². The number of hydrogen-bond donors (Lipinski definition) is 4. The second kappa shape index (κ2) is 21.4. The van der Waals surface area contributed by atoms with E-state index in [2.05, 4.69) is 21.3 Å². The number of hydrogen-bond acceptors (Lipinski definition) is 8. The molecule has 5 atom stereocenters. The van der Waals surface area contributed by atoms with Crippen LogP contribution in [-0.4, -0.2) is 90.6 Å². The van der Waals surface area contributed by atoms with Crippen molar-refractivity contribution < 1.29 is 38.2 Å². The van der Waals surface area contributed by atoms with E-state index in [4.69, 9.17) is 9.47 Å². The minimum atomic E-state index is -1.06. The predicted octanol–water partition coefficient (Wildman–Crippen LogP) is 4.37. The fourth-order valence-corrected chi connectivity index (χ4v) is 5.64. The van der Waals surface area contributed by atoms with Crippen LogP contribution >= 0.6 is 0 Å². The van der Waals surface area contributed by atoms with Gasteiger partial charge < -0.3 is 35.6 Å².